The number of rotatable bonds is 4. The van der Waals surface area contributed by atoms with Crippen molar-refractivity contribution in [3.63, 3.8) is 0 Å². The number of carbonyl (C=O) groups excluding carboxylic acids is 1. The molecule has 0 fully saturated rings. The van der Waals surface area contributed by atoms with E-state index in [4.69, 9.17) is 4.74 Å². The quantitative estimate of drug-likeness (QED) is 0.682. The number of para-hydroxylation sites is 1. The Morgan fingerprint density at radius 1 is 0.750 bits per heavy atom. The maximum atomic E-state index is 11.9. The summed E-state index contributed by atoms with van der Waals surface area (Å²) in [6.45, 7) is 1.99. The molecule has 0 saturated carbocycles. The topological polar surface area (TPSA) is 50.4 Å². The normalized spacial score (nSPS) is 10.0. The summed E-state index contributed by atoms with van der Waals surface area (Å²) >= 11 is 0. The summed E-state index contributed by atoms with van der Waals surface area (Å²) in [6.07, 6.45) is -0.511. The average Bonchev–Trinajstić information content (AvgIpc) is 2.60. The number of ether oxygens (including phenoxy) is 1. The highest BCUT2D eigenvalue weighted by Gasteiger charge is 2.05. The van der Waals surface area contributed by atoms with Crippen LogP contribution in [0.3, 0.4) is 0 Å². The first-order valence-electron chi connectivity index (χ1n) is 7.67. The highest BCUT2D eigenvalue weighted by Crippen LogP contribution is 2.20. The van der Waals surface area contributed by atoms with Crippen molar-refractivity contribution in [2.24, 2.45) is 0 Å². The first-order valence-corrected chi connectivity index (χ1v) is 7.67. The van der Waals surface area contributed by atoms with Crippen LogP contribution in [0.1, 0.15) is 5.56 Å². The van der Waals surface area contributed by atoms with Crippen molar-refractivity contribution in [1.82, 2.24) is 0 Å². The molecule has 2 N–H and O–H groups in total. The molecule has 4 nitrogen and oxygen atoms in total. The van der Waals surface area contributed by atoms with Gasteiger partial charge in [0.1, 0.15) is 5.75 Å². The van der Waals surface area contributed by atoms with Gasteiger partial charge in [0.05, 0.1) is 0 Å². The second-order valence-electron chi connectivity index (χ2n) is 5.40. The lowest BCUT2D eigenvalue weighted by molar-refractivity contribution is 0.215. The number of hydrogen-bond acceptors (Lipinski definition) is 3. The van der Waals surface area contributed by atoms with Gasteiger partial charge in [-0.25, -0.2) is 4.79 Å². The third-order valence-electron chi connectivity index (χ3n) is 3.43. The Kier molecular flexibility index (Phi) is 4.77. The minimum absolute atomic E-state index is 0.484. The van der Waals surface area contributed by atoms with Gasteiger partial charge >= 0.3 is 6.09 Å². The number of carbonyl (C=O) groups is 1. The lowest BCUT2D eigenvalue weighted by Gasteiger charge is -2.09. The Labute approximate surface area is 141 Å². The van der Waals surface area contributed by atoms with Crippen LogP contribution in [-0.2, 0) is 0 Å². The van der Waals surface area contributed by atoms with E-state index in [1.807, 2.05) is 73.7 Å². The van der Waals surface area contributed by atoms with E-state index in [9.17, 15) is 4.79 Å². The molecule has 0 aliphatic heterocycles. The Bertz CT molecular complexity index is 797. The van der Waals surface area contributed by atoms with Gasteiger partial charge in [-0.2, -0.15) is 0 Å². The van der Waals surface area contributed by atoms with E-state index in [1.165, 1.54) is 0 Å². The number of hydrogen-bond donors (Lipinski definition) is 2. The van der Waals surface area contributed by atoms with E-state index < -0.39 is 6.09 Å². The average molecular weight is 318 g/mol. The molecule has 0 atom stereocenters. The van der Waals surface area contributed by atoms with Gasteiger partial charge in [0.25, 0.3) is 0 Å². The van der Waals surface area contributed by atoms with Crippen LogP contribution in [0.2, 0.25) is 0 Å². The van der Waals surface area contributed by atoms with Gasteiger partial charge in [0, 0.05) is 17.1 Å². The molecule has 24 heavy (non-hydrogen) atoms. The second-order valence-corrected chi connectivity index (χ2v) is 5.40. The second kappa shape index (κ2) is 7.33. The third-order valence-corrected chi connectivity index (χ3v) is 3.43. The molecular formula is C20H18N2O2. The summed E-state index contributed by atoms with van der Waals surface area (Å²) in [5, 5.41) is 5.97. The molecule has 0 unspecified atom stereocenters. The van der Waals surface area contributed by atoms with Gasteiger partial charge in [-0.1, -0.05) is 35.9 Å². The number of nitrogens with one attached hydrogen (secondary N) is 2. The zero-order valence-electron chi connectivity index (χ0n) is 13.3. The lowest BCUT2D eigenvalue weighted by atomic mass is 10.2. The van der Waals surface area contributed by atoms with Crippen molar-refractivity contribution in [3.05, 3.63) is 84.4 Å². The number of aryl methyl sites for hydroxylation is 1. The van der Waals surface area contributed by atoms with Crippen LogP contribution in [0, 0.1) is 6.92 Å². The van der Waals surface area contributed by atoms with E-state index >= 15 is 0 Å². The number of anilines is 3. The Morgan fingerprint density at radius 3 is 2.00 bits per heavy atom. The lowest BCUT2D eigenvalue weighted by Crippen LogP contribution is -2.16. The molecule has 0 saturated heterocycles. The molecule has 120 valence electrons. The van der Waals surface area contributed by atoms with Crippen molar-refractivity contribution in [3.8, 4) is 5.75 Å². The highest BCUT2D eigenvalue weighted by molar-refractivity contribution is 5.86. The van der Waals surface area contributed by atoms with Crippen molar-refractivity contribution in [2.75, 3.05) is 10.6 Å². The van der Waals surface area contributed by atoms with E-state index in [0.717, 1.165) is 16.9 Å². The predicted octanol–water partition coefficient (Wildman–Crippen LogP) is 5.35. The highest BCUT2D eigenvalue weighted by atomic mass is 16.6. The van der Waals surface area contributed by atoms with Crippen LogP contribution in [0.4, 0.5) is 21.9 Å². The minimum atomic E-state index is -0.511. The van der Waals surface area contributed by atoms with Crippen LogP contribution in [0.5, 0.6) is 5.75 Å². The summed E-state index contributed by atoms with van der Waals surface area (Å²) in [5.74, 6) is 0.484. The van der Waals surface area contributed by atoms with Crippen molar-refractivity contribution < 1.29 is 9.53 Å². The van der Waals surface area contributed by atoms with Crippen molar-refractivity contribution in [2.45, 2.75) is 6.92 Å². The van der Waals surface area contributed by atoms with Crippen LogP contribution in [0.15, 0.2) is 78.9 Å². The van der Waals surface area contributed by atoms with Crippen LogP contribution in [-0.4, -0.2) is 6.09 Å². The fourth-order valence-electron chi connectivity index (χ4n) is 2.18. The summed E-state index contributed by atoms with van der Waals surface area (Å²) < 4.78 is 5.28. The fourth-order valence-corrected chi connectivity index (χ4v) is 2.18. The van der Waals surface area contributed by atoms with E-state index in [0.29, 0.717) is 11.4 Å². The Balaban J connectivity index is 1.57. The van der Waals surface area contributed by atoms with E-state index in [2.05, 4.69) is 10.6 Å². The monoisotopic (exact) mass is 318 g/mol. The molecule has 0 aliphatic rings. The predicted molar refractivity (Wildman–Crippen MR) is 97.0 cm³/mol. The molecule has 3 aromatic rings. The molecule has 0 radical (unpaired) electrons. The summed E-state index contributed by atoms with van der Waals surface area (Å²) in [6, 6.07) is 24.6. The molecule has 0 heterocycles. The van der Waals surface area contributed by atoms with Gasteiger partial charge in [-0.3, -0.25) is 5.32 Å². The zero-order valence-corrected chi connectivity index (χ0v) is 13.3. The Morgan fingerprint density at radius 2 is 1.33 bits per heavy atom. The molecule has 3 aromatic carbocycles. The number of benzene rings is 3. The first kappa shape index (κ1) is 15.6. The van der Waals surface area contributed by atoms with Crippen LogP contribution in [0.25, 0.3) is 0 Å². The SMILES string of the molecule is Cc1ccc(NC(=O)Oc2ccc(Nc3ccccc3)cc2)cc1. The van der Waals surface area contributed by atoms with Crippen molar-refractivity contribution >= 4 is 23.2 Å². The third kappa shape index (κ3) is 4.36. The van der Waals surface area contributed by atoms with Crippen molar-refractivity contribution in [1.29, 1.82) is 0 Å². The molecule has 4 heteroatoms. The molecule has 0 bridgehead atoms. The van der Waals surface area contributed by atoms with Gasteiger partial charge in [-0.15, -0.1) is 0 Å². The molecule has 0 aromatic heterocycles. The van der Waals surface area contributed by atoms with Crippen LogP contribution >= 0.6 is 0 Å². The molecule has 0 aliphatic carbocycles. The molecule has 1 amide bonds. The standard InChI is InChI=1S/C20H18N2O2/c1-15-7-9-18(10-8-15)22-20(23)24-19-13-11-17(12-14-19)21-16-5-3-2-4-6-16/h2-14,21H,1H3,(H,22,23). The Hall–Kier alpha value is -3.27. The van der Waals surface area contributed by atoms with Gasteiger partial charge < -0.3 is 10.1 Å². The molecule has 0 spiro atoms. The van der Waals surface area contributed by atoms with E-state index in [1.54, 1.807) is 12.1 Å². The summed E-state index contributed by atoms with van der Waals surface area (Å²) in [7, 11) is 0. The van der Waals surface area contributed by atoms with Gasteiger partial charge in [-0.05, 0) is 55.5 Å². The zero-order chi connectivity index (χ0) is 16.8. The first-order chi connectivity index (χ1) is 11.7. The number of amides is 1. The summed E-state index contributed by atoms with van der Waals surface area (Å²) in [4.78, 5) is 11.9. The maximum absolute atomic E-state index is 11.9. The van der Waals surface area contributed by atoms with Gasteiger partial charge in [0.15, 0.2) is 0 Å². The van der Waals surface area contributed by atoms with Gasteiger partial charge in [0.2, 0.25) is 0 Å². The summed E-state index contributed by atoms with van der Waals surface area (Å²) in [5.41, 5.74) is 3.76. The molecule has 3 rings (SSSR count). The van der Waals surface area contributed by atoms with Crippen LogP contribution < -0.4 is 15.4 Å². The maximum Gasteiger partial charge on any atom is 0.417 e. The fraction of sp³-hybridized carbons (Fsp3) is 0.0500. The minimum Gasteiger partial charge on any atom is -0.410 e. The molecular weight excluding hydrogens is 300 g/mol. The van der Waals surface area contributed by atoms with E-state index in [-0.39, 0.29) is 0 Å². The smallest absolute Gasteiger partial charge is 0.410 e. The largest absolute Gasteiger partial charge is 0.417 e.